The van der Waals surface area contributed by atoms with Gasteiger partial charge < -0.3 is 33.5 Å². The van der Waals surface area contributed by atoms with E-state index >= 15 is 0 Å². The minimum absolute atomic E-state index is 0.218. The van der Waals surface area contributed by atoms with Crippen LogP contribution < -0.4 is 4.74 Å². The lowest BCUT2D eigenvalue weighted by Gasteiger charge is -2.24. The number of aliphatic hydroxyl groups excluding tert-OH is 1. The molecule has 0 saturated carbocycles. The molecule has 5 aromatic rings. The third-order valence-electron chi connectivity index (χ3n) is 8.70. The molecule has 1 amide bonds. The summed E-state index contributed by atoms with van der Waals surface area (Å²) in [6.45, 7) is 9.00. The Morgan fingerprint density at radius 3 is 2.45 bits per heavy atom. The van der Waals surface area contributed by atoms with Gasteiger partial charge >= 0.3 is 12.1 Å². The third-order valence-corrected chi connectivity index (χ3v) is 8.70. The normalized spacial score (nSPS) is 11.7. The standard InChI is InChI=1S/C40H50N4O7/c1-7-49-38(46)37-30(19-12-24-50-34-20-10-15-27-14-8-9-16-28(27)34)29-17-11-18-31(35-32(21-25-48-6)41-42-33(35)26-45)36(29)44(37)23-13-22-43(5)39(47)51-40(2,3)4/h8-11,14-18,20,45H,7,12-13,19,21-26H2,1-6H3,(H,41,42). The zero-order valence-corrected chi connectivity index (χ0v) is 30.6. The molecule has 0 aliphatic carbocycles. The zero-order valence-electron chi connectivity index (χ0n) is 30.6. The second-order valence-electron chi connectivity index (χ2n) is 13.5. The van der Waals surface area contributed by atoms with Crippen molar-refractivity contribution in [3.05, 3.63) is 83.3 Å². The number of esters is 1. The summed E-state index contributed by atoms with van der Waals surface area (Å²) in [5.41, 5.74) is 4.50. The lowest BCUT2D eigenvalue weighted by atomic mass is 9.97. The fourth-order valence-electron chi connectivity index (χ4n) is 6.47. The van der Waals surface area contributed by atoms with Gasteiger partial charge in [0, 0.05) is 55.6 Å². The summed E-state index contributed by atoms with van der Waals surface area (Å²) >= 11 is 0. The number of aromatic amines is 1. The molecule has 0 fully saturated rings. The summed E-state index contributed by atoms with van der Waals surface area (Å²) in [5, 5.41) is 21.0. The van der Waals surface area contributed by atoms with Crippen LogP contribution in [0.15, 0.2) is 60.7 Å². The number of fused-ring (bicyclic) bond motifs is 2. The number of para-hydroxylation sites is 1. The van der Waals surface area contributed by atoms with E-state index in [0.29, 0.717) is 63.4 Å². The minimum atomic E-state index is -0.615. The van der Waals surface area contributed by atoms with E-state index in [1.165, 1.54) is 0 Å². The Hall–Kier alpha value is -4.87. The summed E-state index contributed by atoms with van der Waals surface area (Å²) < 4.78 is 24.9. The second kappa shape index (κ2) is 16.9. The summed E-state index contributed by atoms with van der Waals surface area (Å²) in [6.07, 6.45) is 1.86. The van der Waals surface area contributed by atoms with Crippen molar-refractivity contribution in [1.82, 2.24) is 19.7 Å². The molecule has 0 aliphatic rings. The molecule has 0 radical (unpaired) electrons. The third kappa shape index (κ3) is 8.72. The van der Waals surface area contributed by atoms with E-state index in [4.69, 9.17) is 18.9 Å². The fraction of sp³-hybridized carbons (Fsp3) is 0.425. The topological polar surface area (TPSA) is 128 Å². The summed E-state index contributed by atoms with van der Waals surface area (Å²) in [6, 6.07) is 20.1. The maximum Gasteiger partial charge on any atom is 0.410 e. The number of ether oxygens (including phenoxy) is 4. The summed E-state index contributed by atoms with van der Waals surface area (Å²) in [7, 11) is 3.35. The SMILES string of the molecule is CCOC(=O)c1c(CCCOc2cccc3ccccc23)c2cccc(-c3c(CCOC)n[nH]c3CO)c2n1CCCN(C)C(=O)OC(C)(C)C. The molecule has 2 N–H and O–H groups in total. The summed E-state index contributed by atoms with van der Waals surface area (Å²) in [5.74, 6) is 0.400. The van der Waals surface area contributed by atoms with E-state index in [0.717, 1.165) is 49.8 Å². The number of hydrogen-bond acceptors (Lipinski definition) is 8. The molecule has 3 aromatic carbocycles. The molecule has 0 unspecified atom stereocenters. The molecule has 5 rings (SSSR count). The van der Waals surface area contributed by atoms with Gasteiger partial charge in [-0.15, -0.1) is 0 Å². The maximum atomic E-state index is 13.9. The quantitative estimate of drug-likeness (QED) is 0.0811. The van der Waals surface area contributed by atoms with Crippen LogP contribution in [0.4, 0.5) is 4.79 Å². The molecular weight excluding hydrogens is 648 g/mol. The van der Waals surface area contributed by atoms with E-state index in [2.05, 4.69) is 28.4 Å². The van der Waals surface area contributed by atoms with Crippen LogP contribution in [0.5, 0.6) is 5.75 Å². The van der Waals surface area contributed by atoms with Crippen LogP contribution >= 0.6 is 0 Å². The van der Waals surface area contributed by atoms with Crippen LogP contribution in [0.2, 0.25) is 0 Å². The maximum absolute atomic E-state index is 13.9. The van der Waals surface area contributed by atoms with Crippen molar-refractivity contribution in [2.24, 2.45) is 0 Å². The van der Waals surface area contributed by atoms with Crippen molar-refractivity contribution in [3.63, 3.8) is 0 Å². The van der Waals surface area contributed by atoms with Crippen molar-refractivity contribution in [2.45, 2.75) is 72.1 Å². The molecule has 0 aliphatic heterocycles. The molecule has 11 heteroatoms. The first-order valence-electron chi connectivity index (χ1n) is 17.6. The predicted octanol–water partition coefficient (Wildman–Crippen LogP) is 7.31. The Balaban J connectivity index is 1.56. The molecule has 0 spiro atoms. The van der Waals surface area contributed by atoms with Crippen molar-refractivity contribution in [1.29, 1.82) is 0 Å². The number of aryl methyl sites for hydroxylation is 2. The molecule has 2 heterocycles. The molecule has 11 nitrogen and oxygen atoms in total. The number of aromatic nitrogens is 3. The highest BCUT2D eigenvalue weighted by Crippen LogP contribution is 2.38. The van der Waals surface area contributed by atoms with Gasteiger partial charge in [-0.25, -0.2) is 9.59 Å². The number of rotatable bonds is 16. The predicted molar refractivity (Wildman–Crippen MR) is 198 cm³/mol. The second-order valence-corrected chi connectivity index (χ2v) is 13.5. The molecule has 0 bridgehead atoms. The first-order chi connectivity index (χ1) is 24.6. The van der Waals surface area contributed by atoms with E-state index in [1.807, 2.05) is 67.8 Å². The van der Waals surface area contributed by atoms with Gasteiger partial charge in [-0.2, -0.15) is 5.10 Å². The van der Waals surface area contributed by atoms with Gasteiger partial charge in [0.1, 0.15) is 17.0 Å². The first-order valence-corrected chi connectivity index (χ1v) is 17.6. The van der Waals surface area contributed by atoms with Crippen LogP contribution in [0, 0.1) is 0 Å². The van der Waals surface area contributed by atoms with Crippen LogP contribution in [-0.4, -0.2) is 83.0 Å². The van der Waals surface area contributed by atoms with Crippen LogP contribution in [0.1, 0.15) is 68.0 Å². The van der Waals surface area contributed by atoms with Crippen LogP contribution in [0.3, 0.4) is 0 Å². The van der Waals surface area contributed by atoms with E-state index < -0.39 is 17.7 Å². The van der Waals surface area contributed by atoms with Gasteiger partial charge in [-0.05, 0) is 64.0 Å². The highest BCUT2D eigenvalue weighted by atomic mass is 16.6. The highest BCUT2D eigenvalue weighted by molar-refractivity contribution is 6.05. The van der Waals surface area contributed by atoms with Gasteiger partial charge in [-0.1, -0.05) is 54.6 Å². The zero-order chi connectivity index (χ0) is 36.5. The Morgan fingerprint density at radius 2 is 1.71 bits per heavy atom. The largest absolute Gasteiger partial charge is 0.493 e. The Bertz CT molecular complexity index is 1950. The van der Waals surface area contributed by atoms with Crippen LogP contribution in [0.25, 0.3) is 32.8 Å². The van der Waals surface area contributed by atoms with E-state index in [9.17, 15) is 14.7 Å². The highest BCUT2D eigenvalue weighted by Gasteiger charge is 2.28. The average molecular weight is 699 g/mol. The molecule has 0 saturated heterocycles. The summed E-state index contributed by atoms with van der Waals surface area (Å²) in [4.78, 5) is 28.2. The average Bonchev–Trinajstić information content (AvgIpc) is 3.67. The lowest BCUT2D eigenvalue weighted by molar-refractivity contribution is 0.0294. The number of nitrogens with zero attached hydrogens (tertiary/aromatic N) is 3. The number of aliphatic hydroxyl groups is 1. The molecule has 2 aromatic heterocycles. The van der Waals surface area contributed by atoms with Crippen molar-refractivity contribution >= 4 is 33.7 Å². The number of nitrogens with one attached hydrogen (secondary N) is 1. The van der Waals surface area contributed by atoms with Gasteiger partial charge in [0.05, 0.1) is 43.3 Å². The molecule has 0 atom stereocenters. The smallest absolute Gasteiger partial charge is 0.410 e. The number of benzene rings is 3. The Kier molecular flexibility index (Phi) is 12.4. The van der Waals surface area contributed by atoms with Gasteiger partial charge in [0.2, 0.25) is 0 Å². The Morgan fingerprint density at radius 1 is 0.961 bits per heavy atom. The van der Waals surface area contributed by atoms with Crippen molar-refractivity contribution < 1.29 is 33.6 Å². The first kappa shape index (κ1) is 37.4. The Labute approximate surface area is 299 Å². The minimum Gasteiger partial charge on any atom is -0.493 e. The number of carbonyl (C=O) groups is 2. The van der Waals surface area contributed by atoms with E-state index in [1.54, 1.807) is 26.0 Å². The molecule has 51 heavy (non-hydrogen) atoms. The van der Waals surface area contributed by atoms with Crippen molar-refractivity contribution in [3.8, 4) is 16.9 Å². The van der Waals surface area contributed by atoms with Gasteiger partial charge in [0.15, 0.2) is 0 Å². The van der Waals surface area contributed by atoms with Crippen molar-refractivity contribution in [2.75, 3.05) is 40.5 Å². The molecule has 272 valence electrons. The number of hydrogen-bond donors (Lipinski definition) is 2. The monoisotopic (exact) mass is 698 g/mol. The number of H-pyrrole nitrogens is 1. The van der Waals surface area contributed by atoms with E-state index in [-0.39, 0.29) is 13.2 Å². The number of amides is 1. The molecular formula is C40H50N4O7. The van der Waals surface area contributed by atoms with Gasteiger partial charge in [0.25, 0.3) is 0 Å². The number of carbonyl (C=O) groups excluding carboxylic acids is 2. The fourth-order valence-corrected chi connectivity index (χ4v) is 6.47. The van der Waals surface area contributed by atoms with Gasteiger partial charge in [-0.3, -0.25) is 5.10 Å². The number of methoxy groups -OCH3 is 1. The lowest BCUT2D eigenvalue weighted by Crippen LogP contribution is -2.35. The van der Waals surface area contributed by atoms with Crippen LogP contribution in [-0.2, 0) is 40.2 Å².